The summed E-state index contributed by atoms with van der Waals surface area (Å²) in [5.74, 6) is 0.136. The Morgan fingerprint density at radius 3 is 2.47 bits per heavy atom. The highest BCUT2D eigenvalue weighted by Crippen LogP contribution is 2.36. The van der Waals surface area contributed by atoms with Crippen molar-refractivity contribution in [3.63, 3.8) is 0 Å². The fraction of sp³-hybridized carbons (Fsp3) is 0.135. The maximum Gasteiger partial charge on any atom is 0.338 e. The molecular formula is C37H28BrN3O4S2. The lowest BCUT2D eigenvalue weighted by Gasteiger charge is -2.26. The van der Waals surface area contributed by atoms with Crippen LogP contribution in [0.5, 0.6) is 5.75 Å². The van der Waals surface area contributed by atoms with E-state index in [2.05, 4.69) is 22.0 Å². The van der Waals surface area contributed by atoms with Gasteiger partial charge < -0.3 is 9.47 Å². The normalized spacial score (nSPS) is 14.3. The Balaban J connectivity index is 1.43. The molecule has 0 fully saturated rings. The fourth-order valence-electron chi connectivity index (χ4n) is 5.25. The molecule has 1 aliphatic rings. The number of carbonyl (C=O) groups is 1. The molecule has 1 atom stereocenters. The van der Waals surface area contributed by atoms with Gasteiger partial charge in [-0.2, -0.15) is 5.26 Å². The number of nitrogens with zero attached hydrogens (tertiary/aromatic N) is 3. The first-order valence-electron chi connectivity index (χ1n) is 14.7. The molecular weight excluding hydrogens is 694 g/mol. The van der Waals surface area contributed by atoms with E-state index < -0.39 is 12.0 Å². The molecule has 5 aromatic rings. The second-order valence-electron chi connectivity index (χ2n) is 10.5. The molecule has 1 aliphatic heterocycles. The fourth-order valence-corrected chi connectivity index (χ4v) is 7.17. The van der Waals surface area contributed by atoms with Crippen LogP contribution in [0.2, 0.25) is 0 Å². The largest absolute Gasteiger partial charge is 0.488 e. The van der Waals surface area contributed by atoms with Crippen LogP contribution in [0.3, 0.4) is 0 Å². The number of carbonyl (C=O) groups excluding carboxylic acids is 1. The average Bonchev–Trinajstić information content (AvgIpc) is 3.41. The third-order valence-electron chi connectivity index (χ3n) is 7.54. The monoisotopic (exact) mass is 721 g/mol. The van der Waals surface area contributed by atoms with Crippen molar-refractivity contribution in [2.75, 3.05) is 12.9 Å². The molecule has 10 heteroatoms. The van der Waals surface area contributed by atoms with E-state index in [9.17, 15) is 9.59 Å². The van der Waals surface area contributed by atoms with Crippen molar-refractivity contribution in [2.24, 2.45) is 4.99 Å². The average molecular weight is 723 g/mol. The van der Waals surface area contributed by atoms with Gasteiger partial charge in [-0.15, -0.1) is 11.8 Å². The van der Waals surface area contributed by atoms with Gasteiger partial charge in [0.25, 0.3) is 5.56 Å². The Bertz CT molecular complexity index is 2200. The van der Waals surface area contributed by atoms with Gasteiger partial charge in [-0.25, -0.2) is 9.79 Å². The number of fused-ring (bicyclic) bond motifs is 1. The molecule has 47 heavy (non-hydrogen) atoms. The first-order valence-corrected chi connectivity index (χ1v) is 17.6. The summed E-state index contributed by atoms with van der Waals surface area (Å²) in [4.78, 5) is 34.3. The summed E-state index contributed by atoms with van der Waals surface area (Å²) in [6.07, 6.45) is 3.82. The number of halogens is 1. The Labute approximate surface area is 288 Å². The highest BCUT2D eigenvalue weighted by atomic mass is 79.9. The minimum Gasteiger partial charge on any atom is -0.488 e. The predicted octanol–water partition coefficient (Wildman–Crippen LogP) is 6.87. The number of thiazole rings is 1. The number of benzene rings is 4. The number of rotatable bonds is 9. The van der Waals surface area contributed by atoms with Gasteiger partial charge in [-0.1, -0.05) is 72.0 Å². The number of aromatic nitrogens is 1. The molecule has 0 bridgehead atoms. The lowest BCUT2D eigenvalue weighted by atomic mass is 9.93. The van der Waals surface area contributed by atoms with Crippen molar-refractivity contribution in [1.29, 1.82) is 5.26 Å². The Hall–Kier alpha value is -4.69. The molecule has 1 aromatic heterocycles. The molecule has 7 nitrogen and oxygen atoms in total. The molecule has 234 valence electrons. The van der Waals surface area contributed by atoms with Gasteiger partial charge >= 0.3 is 5.97 Å². The van der Waals surface area contributed by atoms with Gasteiger partial charge in [0, 0.05) is 10.5 Å². The summed E-state index contributed by atoms with van der Waals surface area (Å²) in [6.45, 7) is 2.29. The minimum absolute atomic E-state index is 0.190. The SMILES string of the molecule is CCOC(=O)C1=C(c2ccccc2)N=c2s/c(=C\c3ccc(OCc4ccc(C#N)cc4)c(Br)c3)c(=O)n2[C@@H]1c1ccc(SC)cc1. The molecule has 4 aromatic carbocycles. The van der Waals surface area contributed by atoms with E-state index in [-0.39, 0.29) is 12.2 Å². The van der Waals surface area contributed by atoms with Crippen LogP contribution in [0.1, 0.15) is 40.8 Å². The highest BCUT2D eigenvalue weighted by molar-refractivity contribution is 9.10. The van der Waals surface area contributed by atoms with E-state index in [0.717, 1.165) is 31.6 Å². The zero-order valence-corrected chi connectivity index (χ0v) is 28.7. The third-order valence-corrected chi connectivity index (χ3v) is 9.88. The van der Waals surface area contributed by atoms with Crippen LogP contribution in [-0.4, -0.2) is 23.4 Å². The highest BCUT2D eigenvalue weighted by Gasteiger charge is 2.35. The van der Waals surface area contributed by atoms with E-state index >= 15 is 0 Å². The minimum atomic E-state index is -0.733. The zero-order chi connectivity index (χ0) is 32.9. The smallest absolute Gasteiger partial charge is 0.338 e. The summed E-state index contributed by atoms with van der Waals surface area (Å²) in [6, 6.07) is 31.6. The van der Waals surface area contributed by atoms with Gasteiger partial charge in [0.1, 0.15) is 12.4 Å². The van der Waals surface area contributed by atoms with Gasteiger partial charge in [0.2, 0.25) is 0 Å². The maximum absolute atomic E-state index is 14.2. The van der Waals surface area contributed by atoms with E-state index in [4.69, 9.17) is 19.7 Å². The van der Waals surface area contributed by atoms with E-state index in [0.29, 0.717) is 38.5 Å². The second-order valence-corrected chi connectivity index (χ2v) is 13.2. The quantitative estimate of drug-likeness (QED) is 0.122. The van der Waals surface area contributed by atoms with Crippen molar-refractivity contribution in [1.82, 2.24) is 4.57 Å². The number of hydrogen-bond donors (Lipinski definition) is 0. The van der Waals surface area contributed by atoms with Crippen LogP contribution in [-0.2, 0) is 16.1 Å². The van der Waals surface area contributed by atoms with Crippen LogP contribution >= 0.6 is 39.0 Å². The number of nitriles is 1. The third kappa shape index (κ3) is 6.88. The van der Waals surface area contributed by atoms with Crippen molar-refractivity contribution >= 4 is 56.8 Å². The summed E-state index contributed by atoms with van der Waals surface area (Å²) < 4.78 is 14.4. The first-order chi connectivity index (χ1) is 22.9. The first kappa shape index (κ1) is 32.3. The van der Waals surface area contributed by atoms with Crippen LogP contribution in [0, 0.1) is 11.3 Å². The maximum atomic E-state index is 14.2. The van der Waals surface area contributed by atoms with Crippen molar-refractivity contribution < 1.29 is 14.3 Å². The lowest BCUT2D eigenvalue weighted by Crippen LogP contribution is -2.40. The zero-order valence-electron chi connectivity index (χ0n) is 25.5. The molecule has 0 saturated carbocycles. The molecule has 6 rings (SSSR count). The van der Waals surface area contributed by atoms with Gasteiger partial charge in [0.05, 0.1) is 44.6 Å². The van der Waals surface area contributed by atoms with Crippen molar-refractivity contribution in [3.05, 3.63) is 155 Å². The van der Waals surface area contributed by atoms with E-state index in [1.165, 1.54) is 11.3 Å². The van der Waals surface area contributed by atoms with Gasteiger partial charge in [-0.05, 0) is 88.3 Å². The van der Waals surface area contributed by atoms with E-state index in [1.807, 2.05) is 97.3 Å². The molecule has 2 heterocycles. The molecule has 0 spiro atoms. The van der Waals surface area contributed by atoms with Gasteiger partial charge in [-0.3, -0.25) is 9.36 Å². The Morgan fingerprint density at radius 2 is 1.81 bits per heavy atom. The number of esters is 1. The van der Waals surface area contributed by atoms with Gasteiger partial charge in [0.15, 0.2) is 4.80 Å². The Morgan fingerprint density at radius 1 is 1.06 bits per heavy atom. The van der Waals surface area contributed by atoms with Crippen LogP contribution < -0.4 is 19.6 Å². The molecule has 0 aliphatic carbocycles. The van der Waals surface area contributed by atoms with Crippen LogP contribution in [0.25, 0.3) is 11.8 Å². The molecule has 0 amide bonds. The van der Waals surface area contributed by atoms with Crippen molar-refractivity contribution in [3.8, 4) is 11.8 Å². The van der Waals surface area contributed by atoms with Crippen LogP contribution in [0.4, 0.5) is 0 Å². The van der Waals surface area contributed by atoms with Crippen molar-refractivity contribution in [2.45, 2.75) is 24.5 Å². The number of ether oxygens (including phenoxy) is 2. The number of thioether (sulfide) groups is 1. The predicted molar refractivity (Wildman–Crippen MR) is 189 cm³/mol. The van der Waals surface area contributed by atoms with E-state index in [1.54, 1.807) is 35.4 Å². The molecule has 0 unspecified atom stereocenters. The summed E-state index contributed by atoms with van der Waals surface area (Å²) in [5.41, 5.74) is 4.43. The summed E-state index contributed by atoms with van der Waals surface area (Å²) in [7, 11) is 0. The summed E-state index contributed by atoms with van der Waals surface area (Å²) >= 11 is 6.51. The topological polar surface area (TPSA) is 93.7 Å². The summed E-state index contributed by atoms with van der Waals surface area (Å²) in [5, 5.41) is 9.03. The molecule has 0 N–H and O–H groups in total. The number of hydrogen-bond acceptors (Lipinski definition) is 8. The second kappa shape index (κ2) is 14.4. The lowest BCUT2D eigenvalue weighted by molar-refractivity contribution is -0.138. The molecule has 0 saturated heterocycles. The molecule has 0 radical (unpaired) electrons. The van der Waals surface area contributed by atoms with Crippen LogP contribution in [0.15, 0.2) is 122 Å². The Kier molecular flexibility index (Phi) is 9.87. The standard InChI is InChI=1S/C37H28BrN3O4S2/c1-3-44-36(43)32-33(26-7-5-4-6-8-26)40-37-41(34(32)27-14-16-28(46-2)17-15-27)35(42)31(47-37)20-25-13-18-30(29(38)19-25)45-22-24-11-9-23(21-39)10-12-24/h4-20,34H,3,22H2,1-2H3/b31-20-/t34-/m1/s1.